The van der Waals surface area contributed by atoms with Crippen LogP contribution in [0, 0.1) is 5.92 Å². The van der Waals surface area contributed by atoms with Gasteiger partial charge in [-0.05, 0) is 39.0 Å². The predicted octanol–water partition coefficient (Wildman–Crippen LogP) is -0.0898. The van der Waals surface area contributed by atoms with Crippen molar-refractivity contribution in [1.29, 1.82) is 0 Å². The number of carbonyl (C=O) groups is 2. The molecule has 100 valence electrons. The van der Waals surface area contributed by atoms with Gasteiger partial charge in [-0.25, -0.2) is 0 Å². The van der Waals surface area contributed by atoms with E-state index in [1.165, 1.54) is 6.42 Å². The number of fused-ring (bicyclic) bond motifs is 2. The SMILES string of the molecule is CC(NC(=O)C1CC2CCC1N2)C(=O)NC1CC1. The third-order valence-corrected chi connectivity index (χ3v) is 4.31. The summed E-state index contributed by atoms with van der Waals surface area (Å²) in [5.74, 6) is 0.0371. The van der Waals surface area contributed by atoms with Gasteiger partial charge in [-0.1, -0.05) is 0 Å². The molecule has 3 fully saturated rings. The van der Waals surface area contributed by atoms with Crippen LogP contribution in [0.15, 0.2) is 0 Å². The van der Waals surface area contributed by atoms with E-state index in [1.54, 1.807) is 6.92 Å². The molecular weight excluding hydrogens is 230 g/mol. The zero-order valence-electron chi connectivity index (χ0n) is 10.7. The molecule has 4 unspecified atom stereocenters. The number of amides is 2. The highest BCUT2D eigenvalue weighted by molar-refractivity contribution is 5.88. The van der Waals surface area contributed by atoms with Crippen LogP contribution in [0.1, 0.15) is 39.0 Å². The van der Waals surface area contributed by atoms with Crippen LogP contribution in [-0.2, 0) is 9.59 Å². The Bertz CT molecular complexity index is 367. The van der Waals surface area contributed by atoms with Gasteiger partial charge in [0.05, 0.1) is 5.92 Å². The summed E-state index contributed by atoms with van der Waals surface area (Å²) >= 11 is 0. The molecule has 2 aliphatic heterocycles. The van der Waals surface area contributed by atoms with E-state index >= 15 is 0 Å². The van der Waals surface area contributed by atoms with Crippen LogP contribution in [-0.4, -0.2) is 36.0 Å². The van der Waals surface area contributed by atoms with Gasteiger partial charge >= 0.3 is 0 Å². The van der Waals surface area contributed by atoms with Crippen LogP contribution >= 0.6 is 0 Å². The second-order valence-corrected chi connectivity index (χ2v) is 5.90. The van der Waals surface area contributed by atoms with Gasteiger partial charge in [0.2, 0.25) is 11.8 Å². The fraction of sp³-hybridized carbons (Fsp3) is 0.846. The lowest BCUT2D eigenvalue weighted by Gasteiger charge is -2.22. The molecule has 1 aliphatic carbocycles. The van der Waals surface area contributed by atoms with E-state index in [0.717, 1.165) is 25.7 Å². The molecule has 4 atom stereocenters. The molecule has 3 aliphatic rings. The van der Waals surface area contributed by atoms with Crippen molar-refractivity contribution in [3.63, 3.8) is 0 Å². The molecule has 3 rings (SSSR count). The van der Waals surface area contributed by atoms with Crippen molar-refractivity contribution in [3.8, 4) is 0 Å². The lowest BCUT2D eigenvalue weighted by atomic mass is 9.88. The van der Waals surface area contributed by atoms with E-state index in [1.807, 2.05) is 0 Å². The molecule has 18 heavy (non-hydrogen) atoms. The molecule has 0 spiro atoms. The minimum Gasteiger partial charge on any atom is -0.352 e. The second-order valence-electron chi connectivity index (χ2n) is 5.90. The van der Waals surface area contributed by atoms with Crippen LogP contribution in [0.5, 0.6) is 0 Å². The van der Waals surface area contributed by atoms with E-state index in [4.69, 9.17) is 0 Å². The normalized spacial score (nSPS) is 35.3. The summed E-state index contributed by atoms with van der Waals surface area (Å²) in [4.78, 5) is 23.9. The van der Waals surface area contributed by atoms with Crippen molar-refractivity contribution in [2.75, 3.05) is 0 Å². The van der Waals surface area contributed by atoms with Crippen LogP contribution < -0.4 is 16.0 Å². The molecule has 0 aromatic heterocycles. The first-order chi connectivity index (χ1) is 8.63. The molecule has 0 aromatic rings. The van der Waals surface area contributed by atoms with Crippen LogP contribution in [0.3, 0.4) is 0 Å². The minimum absolute atomic E-state index is 0.0353. The van der Waals surface area contributed by atoms with Gasteiger partial charge in [0.1, 0.15) is 6.04 Å². The summed E-state index contributed by atoms with van der Waals surface area (Å²) in [6, 6.07) is 0.772. The number of hydrogen-bond acceptors (Lipinski definition) is 3. The molecule has 0 radical (unpaired) electrons. The maximum absolute atomic E-state index is 12.1. The molecular formula is C13H21N3O2. The average molecular weight is 251 g/mol. The number of carbonyl (C=O) groups excluding carboxylic acids is 2. The Morgan fingerprint density at radius 1 is 1.22 bits per heavy atom. The zero-order valence-corrected chi connectivity index (χ0v) is 10.7. The number of rotatable bonds is 4. The van der Waals surface area contributed by atoms with Crippen LogP contribution in [0.4, 0.5) is 0 Å². The molecule has 1 saturated carbocycles. The molecule has 2 heterocycles. The Kier molecular flexibility index (Phi) is 3.01. The Morgan fingerprint density at radius 3 is 2.56 bits per heavy atom. The first-order valence-electron chi connectivity index (χ1n) is 7.00. The predicted molar refractivity (Wildman–Crippen MR) is 66.8 cm³/mol. The fourth-order valence-corrected chi connectivity index (χ4v) is 3.05. The minimum atomic E-state index is -0.419. The molecule has 0 aromatic carbocycles. The van der Waals surface area contributed by atoms with Crippen molar-refractivity contribution < 1.29 is 9.59 Å². The van der Waals surface area contributed by atoms with Crippen LogP contribution in [0.25, 0.3) is 0 Å². The Labute approximate surface area is 107 Å². The van der Waals surface area contributed by atoms with Crippen molar-refractivity contribution in [1.82, 2.24) is 16.0 Å². The Balaban J connectivity index is 1.49. The third kappa shape index (κ3) is 2.36. The number of hydrogen-bond donors (Lipinski definition) is 3. The van der Waals surface area contributed by atoms with Gasteiger partial charge < -0.3 is 16.0 Å². The summed E-state index contributed by atoms with van der Waals surface area (Å²) in [5.41, 5.74) is 0. The highest BCUT2D eigenvalue weighted by atomic mass is 16.2. The van der Waals surface area contributed by atoms with Gasteiger partial charge in [-0.3, -0.25) is 9.59 Å². The Hall–Kier alpha value is -1.10. The van der Waals surface area contributed by atoms with Crippen LogP contribution in [0.2, 0.25) is 0 Å². The van der Waals surface area contributed by atoms with Gasteiger partial charge in [0.15, 0.2) is 0 Å². The lowest BCUT2D eigenvalue weighted by molar-refractivity contribution is -0.131. The van der Waals surface area contributed by atoms with Crippen molar-refractivity contribution >= 4 is 11.8 Å². The lowest BCUT2D eigenvalue weighted by Crippen LogP contribution is -2.48. The first kappa shape index (κ1) is 12.0. The maximum atomic E-state index is 12.1. The smallest absolute Gasteiger partial charge is 0.242 e. The standard InChI is InChI=1S/C13H21N3O2/c1-7(12(17)16-8-2-3-8)14-13(18)10-6-9-4-5-11(10)15-9/h7-11,15H,2-6H2,1H3,(H,14,18)(H,16,17). The Morgan fingerprint density at radius 2 is 2.00 bits per heavy atom. The van der Waals surface area contributed by atoms with E-state index in [0.29, 0.717) is 18.1 Å². The summed E-state index contributed by atoms with van der Waals surface area (Å²) in [7, 11) is 0. The molecule has 3 N–H and O–H groups in total. The van der Waals surface area contributed by atoms with Crippen molar-refractivity contribution in [3.05, 3.63) is 0 Å². The van der Waals surface area contributed by atoms with Gasteiger partial charge in [-0.15, -0.1) is 0 Å². The maximum Gasteiger partial charge on any atom is 0.242 e. The summed E-state index contributed by atoms with van der Waals surface area (Å²) in [5, 5.41) is 9.20. The first-order valence-corrected chi connectivity index (χ1v) is 7.00. The number of nitrogens with one attached hydrogen (secondary N) is 3. The van der Waals surface area contributed by atoms with Crippen molar-refractivity contribution in [2.45, 2.75) is 63.2 Å². The highest BCUT2D eigenvalue weighted by Gasteiger charge is 2.43. The third-order valence-electron chi connectivity index (χ3n) is 4.31. The highest BCUT2D eigenvalue weighted by Crippen LogP contribution is 2.33. The quantitative estimate of drug-likeness (QED) is 0.654. The van der Waals surface area contributed by atoms with Gasteiger partial charge in [0.25, 0.3) is 0 Å². The molecule has 5 heteroatoms. The molecule has 2 bridgehead atoms. The van der Waals surface area contributed by atoms with E-state index < -0.39 is 6.04 Å². The molecule has 5 nitrogen and oxygen atoms in total. The molecule has 2 amide bonds. The monoisotopic (exact) mass is 251 g/mol. The van der Waals surface area contributed by atoms with Crippen molar-refractivity contribution in [2.24, 2.45) is 5.92 Å². The molecule has 2 saturated heterocycles. The van der Waals surface area contributed by atoms with E-state index in [9.17, 15) is 9.59 Å². The average Bonchev–Trinajstić information content (AvgIpc) is 2.91. The second kappa shape index (κ2) is 4.53. The van der Waals surface area contributed by atoms with Gasteiger partial charge in [0, 0.05) is 18.1 Å². The van der Waals surface area contributed by atoms with Gasteiger partial charge in [-0.2, -0.15) is 0 Å². The van der Waals surface area contributed by atoms with E-state index in [-0.39, 0.29) is 17.7 Å². The largest absolute Gasteiger partial charge is 0.352 e. The summed E-state index contributed by atoms with van der Waals surface area (Å²) in [6.45, 7) is 1.76. The zero-order chi connectivity index (χ0) is 12.7. The fourth-order valence-electron chi connectivity index (χ4n) is 3.05. The topological polar surface area (TPSA) is 70.2 Å². The van der Waals surface area contributed by atoms with E-state index in [2.05, 4.69) is 16.0 Å². The summed E-state index contributed by atoms with van der Waals surface area (Å²) < 4.78 is 0. The summed E-state index contributed by atoms with van der Waals surface area (Å²) in [6.07, 6.45) is 5.34.